The molecule has 0 aliphatic carbocycles. The van der Waals surface area contributed by atoms with Crippen molar-refractivity contribution in [1.29, 1.82) is 5.26 Å². The fraction of sp³-hybridized carbons (Fsp3) is 0.562. The van der Waals surface area contributed by atoms with E-state index >= 15 is 0 Å². The van der Waals surface area contributed by atoms with Crippen LogP contribution in [0, 0.1) is 23.2 Å². The molecule has 1 aromatic rings. The van der Waals surface area contributed by atoms with Gasteiger partial charge in [0.1, 0.15) is 11.8 Å². The maximum absolute atomic E-state index is 12.6. The summed E-state index contributed by atoms with van der Waals surface area (Å²) >= 11 is 0. The third kappa shape index (κ3) is 4.03. The first kappa shape index (κ1) is 16.4. The lowest BCUT2D eigenvalue weighted by molar-refractivity contribution is 0.0477. The number of aliphatic hydroxyl groups excluding tert-OH is 1. The van der Waals surface area contributed by atoms with Crippen molar-refractivity contribution in [2.45, 2.75) is 6.42 Å². The first-order chi connectivity index (χ1) is 10.5. The van der Waals surface area contributed by atoms with Crippen molar-refractivity contribution >= 4 is 5.91 Å². The van der Waals surface area contributed by atoms with E-state index in [1.807, 2.05) is 20.2 Å². The van der Waals surface area contributed by atoms with Crippen LogP contribution in [0.4, 0.5) is 0 Å². The lowest BCUT2D eigenvalue weighted by Crippen LogP contribution is -2.47. The molecule has 1 fully saturated rings. The Morgan fingerprint density at radius 3 is 2.73 bits per heavy atom. The van der Waals surface area contributed by atoms with Crippen molar-refractivity contribution in [2.75, 3.05) is 40.3 Å². The van der Waals surface area contributed by atoms with E-state index in [4.69, 9.17) is 5.26 Å². The quantitative estimate of drug-likeness (QED) is 0.880. The van der Waals surface area contributed by atoms with Gasteiger partial charge in [0.05, 0.1) is 5.56 Å². The highest BCUT2D eigenvalue weighted by Crippen LogP contribution is 2.23. The van der Waals surface area contributed by atoms with E-state index in [0.29, 0.717) is 30.3 Å². The van der Waals surface area contributed by atoms with Crippen molar-refractivity contribution in [3.05, 3.63) is 29.6 Å². The molecule has 1 amide bonds. The van der Waals surface area contributed by atoms with Gasteiger partial charge < -0.3 is 14.9 Å². The van der Waals surface area contributed by atoms with E-state index in [1.54, 1.807) is 17.0 Å². The average Bonchev–Trinajstić information content (AvgIpc) is 2.53. The summed E-state index contributed by atoms with van der Waals surface area (Å²) in [6, 6.07) is 5.13. The Balaban J connectivity index is 2.10. The lowest BCUT2D eigenvalue weighted by Gasteiger charge is -2.38. The second-order valence-corrected chi connectivity index (χ2v) is 6.17. The Bertz CT molecular complexity index is 550. The molecule has 1 aromatic heterocycles. The van der Waals surface area contributed by atoms with Crippen LogP contribution in [0.1, 0.15) is 22.5 Å². The molecule has 0 aromatic carbocycles. The second-order valence-electron chi connectivity index (χ2n) is 6.17. The number of aromatic nitrogens is 1. The Hall–Kier alpha value is -1.97. The normalized spacial score (nSPS) is 21.7. The van der Waals surface area contributed by atoms with E-state index in [9.17, 15) is 9.90 Å². The fourth-order valence-corrected chi connectivity index (χ4v) is 3.03. The van der Waals surface area contributed by atoms with Crippen LogP contribution in [-0.4, -0.2) is 66.1 Å². The predicted octanol–water partition coefficient (Wildman–Crippen LogP) is 0.585. The van der Waals surface area contributed by atoms with Gasteiger partial charge in [-0.1, -0.05) is 0 Å². The zero-order valence-electron chi connectivity index (χ0n) is 13.1. The van der Waals surface area contributed by atoms with Gasteiger partial charge in [-0.25, -0.2) is 4.98 Å². The van der Waals surface area contributed by atoms with Crippen LogP contribution >= 0.6 is 0 Å². The maximum Gasteiger partial charge on any atom is 0.255 e. The highest BCUT2D eigenvalue weighted by atomic mass is 16.3. The Morgan fingerprint density at radius 1 is 1.45 bits per heavy atom. The largest absolute Gasteiger partial charge is 0.396 e. The second kappa shape index (κ2) is 7.34. The zero-order valence-corrected chi connectivity index (χ0v) is 13.1. The van der Waals surface area contributed by atoms with Gasteiger partial charge in [-0.2, -0.15) is 5.26 Å². The van der Waals surface area contributed by atoms with Gasteiger partial charge in [0.25, 0.3) is 5.91 Å². The molecule has 2 rings (SSSR count). The summed E-state index contributed by atoms with van der Waals surface area (Å²) in [5.74, 6) is 0.393. The standard InChI is InChI=1S/C16H22N4O2/c1-19(2)8-12-5-13(11-21)10-20(9-12)16(22)14-3-4-15(6-17)18-7-14/h3-4,7,12-13,21H,5,8-11H2,1-2H3/t12-,13-/m0/s1. The maximum atomic E-state index is 12.6. The molecule has 1 aliphatic heterocycles. The van der Waals surface area contributed by atoms with E-state index < -0.39 is 0 Å². The number of amides is 1. The highest BCUT2D eigenvalue weighted by molar-refractivity contribution is 5.94. The van der Waals surface area contributed by atoms with Gasteiger partial charge in [0.15, 0.2) is 0 Å². The van der Waals surface area contributed by atoms with Crippen molar-refractivity contribution in [3.8, 4) is 6.07 Å². The fourth-order valence-electron chi connectivity index (χ4n) is 3.03. The van der Waals surface area contributed by atoms with Crippen LogP contribution in [0.3, 0.4) is 0 Å². The number of carbonyl (C=O) groups is 1. The number of likely N-dealkylation sites (tertiary alicyclic amines) is 1. The molecule has 22 heavy (non-hydrogen) atoms. The zero-order chi connectivity index (χ0) is 16.1. The molecule has 0 radical (unpaired) electrons. The number of rotatable bonds is 4. The van der Waals surface area contributed by atoms with Crippen LogP contribution in [0.5, 0.6) is 0 Å². The summed E-state index contributed by atoms with van der Waals surface area (Å²) in [5, 5.41) is 18.2. The molecule has 2 atom stereocenters. The van der Waals surface area contributed by atoms with Gasteiger partial charge in [-0.3, -0.25) is 4.79 Å². The summed E-state index contributed by atoms with van der Waals surface area (Å²) < 4.78 is 0. The Kier molecular flexibility index (Phi) is 5.47. The van der Waals surface area contributed by atoms with Crippen molar-refractivity contribution in [2.24, 2.45) is 11.8 Å². The van der Waals surface area contributed by atoms with Crippen molar-refractivity contribution in [3.63, 3.8) is 0 Å². The molecule has 1 aliphatic rings. The van der Waals surface area contributed by atoms with Crippen LogP contribution in [-0.2, 0) is 0 Å². The molecule has 0 unspecified atom stereocenters. The third-order valence-corrected chi connectivity index (χ3v) is 3.92. The molecule has 1 N–H and O–H groups in total. The van der Waals surface area contributed by atoms with Gasteiger partial charge in [0.2, 0.25) is 0 Å². The minimum Gasteiger partial charge on any atom is -0.396 e. The van der Waals surface area contributed by atoms with E-state index in [1.165, 1.54) is 6.20 Å². The minimum absolute atomic E-state index is 0.0844. The molecular formula is C16H22N4O2. The summed E-state index contributed by atoms with van der Waals surface area (Å²) in [4.78, 5) is 20.5. The molecule has 0 saturated carbocycles. The minimum atomic E-state index is -0.0844. The SMILES string of the molecule is CN(C)C[C@@H]1C[C@H](CO)CN(C(=O)c2ccc(C#N)nc2)C1. The molecule has 6 nitrogen and oxygen atoms in total. The number of nitriles is 1. The van der Waals surface area contributed by atoms with Crippen molar-refractivity contribution in [1.82, 2.24) is 14.8 Å². The molecule has 1 saturated heterocycles. The van der Waals surface area contributed by atoms with Crippen LogP contribution in [0.15, 0.2) is 18.3 Å². The number of nitrogens with zero attached hydrogens (tertiary/aromatic N) is 4. The molecule has 2 heterocycles. The summed E-state index contributed by atoms with van der Waals surface area (Å²) in [6.07, 6.45) is 2.38. The van der Waals surface area contributed by atoms with Gasteiger partial charge in [-0.05, 0) is 44.5 Å². The monoisotopic (exact) mass is 302 g/mol. The van der Waals surface area contributed by atoms with Crippen LogP contribution in [0.2, 0.25) is 0 Å². The number of carbonyl (C=O) groups excluding carboxylic acids is 1. The topological polar surface area (TPSA) is 80.5 Å². The number of hydrogen-bond acceptors (Lipinski definition) is 5. The first-order valence-electron chi connectivity index (χ1n) is 7.44. The predicted molar refractivity (Wildman–Crippen MR) is 82.1 cm³/mol. The molecule has 0 spiro atoms. The Labute approximate surface area is 131 Å². The summed E-state index contributed by atoms with van der Waals surface area (Å²) in [5.41, 5.74) is 0.787. The molecule has 0 bridgehead atoms. The third-order valence-electron chi connectivity index (χ3n) is 3.92. The number of hydrogen-bond donors (Lipinski definition) is 1. The van der Waals surface area contributed by atoms with E-state index in [2.05, 4.69) is 9.88 Å². The summed E-state index contributed by atoms with van der Waals surface area (Å²) in [6.45, 7) is 2.25. The number of piperidine rings is 1. The first-order valence-corrected chi connectivity index (χ1v) is 7.44. The summed E-state index contributed by atoms with van der Waals surface area (Å²) in [7, 11) is 4.03. The van der Waals surface area contributed by atoms with E-state index in [-0.39, 0.29) is 18.4 Å². The van der Waals surface area contributed by atoms with Gasteiger partial charge in [0, 0.05) is 32.4 Å². The number of aliphatic hydroxyl groups is 1. The molecule has 118 valence electrons. The Morgan fingerprint density at radius 2 is 2.18 bits per heavy atom. The van der Waals surface area contributed by atoms with Crippen molar-refractivity contribution < 1.29 is 9.90 Å². The number of pyridine rings is 1. The van der Waals surface area contributed by atoms with Gasteiger partial charge >= 0.3 is 0 Å². The van der Waals surface area contributed by atoms with Crippen LogP contribution < -0.4 is 0 Å². The van der Waals surface area contributed by atoms with Gasteiger partial charge in [-0.15, -0.1) is 0 Å². The van der Waals surface area contributed by atoms with E-state index in [0.717, 1.165) is 13.0 Å². The van der Waals surface area contributed by atoms with Crippen LogP contribution in [0.25, 0.3) is 0 Å². The smallest absolute Gasteiger partial charge is 0.255 e. The highest BCUT2D eigenvalue weighted by Gasteiger charge is 2.30. The lowest BCUT2D eigenvalue weighted by atomic mass is 9.89. The molecular weight excluding hydrogens is 280 g/mol. The average molecular weight is 302 g/mol. The molecule has 6 heteroatoms.